The molecule has 2 rings (SSSR count). The van der Waals surface area contributed by atoms with Crippen molar-refractivity contribution in [2.45, 2.75) is 32.8 Å². The number of aliphatic hydroxyl groups is 1. The van der Waals surface area contributed by atoms with Gasteiger partial charge < -0.3 is 14.4 Å². The minimum atomic E-state index is -1.15. The van der Waals surface area contributed by atoms with E-state index in [1.165, 1.54) is 0 Å². The van der Waals surface area contributed by atoms with E-state index in [0.717, 1.165) is 23.4 Å². The van der Waals surface area contributed by atoms with Gasteiger partial charge in [-0.1, -0.05) is 19.1 Å². The molecule has 0 radical (unpaired) electrons. The first-order valence-corrected chi connectivity index (χ1v) is 7.50. The number of benzene rings is 1. The fraction of sp³-hybridized carbons (Fsp3) is 0.389. The van der Waals surface area contributed by atoms with Gasteiger partial charge in [-0.25, -0.2) is 0 Å². The van der Waals surface area contributed by atoms with Gasteiger partial charge in [0.05, 0.1) is 17.9 Å². The maximum Gasteiger partial charge on any atom is 0.256 e. The zero-order valence-corrected chi connectivity index (χ0v) is 13.6. The normalized spacial score (nSPS) is 11.5. The first kappa shape index (κ1) is 16.3. The van der Waals surface area contributed by atoms with E-state index < -0.39 is 5.60 Å². The minimum Gasteiger partial charge on any atom is -0.494 e. The van der Waals surface area contributed by atoms with Crippen LogP contribution in [-0.4, -0.2) is 16.3 Å². The summed E-state index contributed by atoms with van der Waals surface area (Å²) < 4.78 is 7.20. The molecule has 0 unspecified atom stereocenters. The second-order valence-corrected chi connectivity index (χ2v) is 5.93. The summed E-state index contributed by atoms with van der Waals surface area (Å²) in [5.74, 6) is 0.790. The molecule has 0 saturated carbocycles. The molecule has 1 aromatic heterocycles. The molecule has 0 atom stereocenters. The van der Waals surface area contributed by atoms with Crippen LogP contribution in [0.25, 0.3) is 11.3 Å². The molecule has 0 fully saturated rings. The summed E-state index contributed by atoms with van der Waals surface area (Å²) in [6, 6.07) is 11.2. The Hall–Kier alpha value is -2.07. The molecule has 0 aliphatic carbocycles. The van der Waals surface area contributed by atoms with Gasteiger partial charge in [0, 0.05) is 18.2 Å². The Balaban J connectivity index is 2.46. The molecule has 0 aliphatic heterocycles. The van der Waals surface area contributed by atoms with Gasteiger partial charge >= 0.3 is 0 Å². The quantitative estimate of drug-likeness (QED) is 0.923. The fourth-order valence-electron chi connectivity index (χ4n) is 2.36. The van der Waals surface area contributed by atoms with Crippen molar-refractivity contribution in [3.05, 3.63) is 52.3 Å². The van der Waals surface area contributed by atoms with Crippen molar-refractivity contribution in [3.63, 3.8) is 0 Å². The van der Waals surface area contributed by atoms with E-state index in [9.17, 15) is 9.90 Å². The van der Waals surface area contributed by atoms with Crippen LogP contribution in [0.4, 0.5) is 0 Å². The first-order valence-electron chi connectivity index (χ1n) is 7.50. The number of ether oxygens (including phenoxy) is 1. The third-order valence-corrected chi connectivity index (χ3v) is 3.57. The van der Waals surface area contributed by atoms with E-state index in [1.54, 1.807) is 31.5 Å². The Morgan fingerprint density at radius 3 is 2.59 bits per heavy atom. The predicted octanol–water partition coefficient (Wildman–Crippen LogP) is 3.07. The molecule has 4 heteroatoms. The maximum absolute atomic E-state index is 12.4. The number of pyridine rings is 1. The summed E-state index contributed by atoms with van der Waals surface area (Å²) in [5.41, 5.74) is 0.747. The lowest BCUT2D eigenvalue weighted by atomic mass is 9.99. The van der Waals surface area contributed by atoms with Gasteiger partial charge in [-0.2, -0.15) is 0 Å². The number of hydrogen-bond acceptors (Lipinski definition) is 3. The first-order chi connectivity index (χ1) is 10.3. The molecule has 1 N–H and O–H groups in total. The lowest BCUT2D eigenvalue weighted by molar-refractivity contribution is 0.0766. The van der Waals surface area contributed by atoms with Gasteiger partial charge in [-0.15, -0.1) is 0 Å². The third-order valence-electron chi connectivity index (χ3n) is 3.57. The standard InChI is InChI=1S/C18H23NO3/c1-5-11-22-14-8-6-7-13(12-14)16-10-9-15(18(2,3)21)17(20)19(16)4/h6-10,12,21H,5,11H2,1-4H3. The van der Waals surface area contributed by atoms with Crippen molar-refractivity contribution in [1.29, 1.82) is 0 Å². The monoisotopic (exact) mass is 301 g/mol. The Labute approximate surface area is 131 Å². The topological polar surface area (TPSA) is 51.5 Å². The molecule has 22 heavy (non-hydrogen) atoms. The van der Waals surface area contributed by atoms with Crippen molar-refractivity contribution in [1.82, 2.24) is 4.57 Å². The summed E-state index contributed by atoms with van der Waals surface area (Å²) in [7, 11) is 1.71. The number of hydrogen-bond donors (Lipinski definition) is 1. The van der Waals surface area contributed by atoms with Crippen LogP contribution in [-0.2, 0) is 12.6 Å². The zero-order valence-electron chi connectivity index (χ0n) is 13.6. The van der Waals surface area contributed by atoms with Crippen LogP contribution in [0.1, 0.15) is 32.8 Å². The second-order valence-electron chi connectivity index (χ2n) is 5.93. The van der Waals surface area contributed by atoms with Crippen molar-refractivity contribution < 1.29 is 9.84 Å². The van der Waals surface area contributed by atoms with Crippen molar-refractivity contribution >= 4 is 0 Å². The van der Waals surface area contributed by atoms with Crippen molar-refractivity contribution in [2.75, 3.05) is 6.61 Å². The van der Waals surface area contributed by atoms with Gasteiger partial charge in [0.25, 0.3) is 5.56 Å². The van der Waals surface area contributed by atoms with Crippen LogP contribution in [0.15, 0.2) is 41.2 Å². The number of nitrogens with zero attached hydrogens (tertiary/aromatic N) is 1. The van der Waals surface area contributed by atoms with Crippen molar-refractivity contribution in [3.8, 4) is 17.0 Å². The van der Waals surface area contributed by atoms with Gasteiger partial charge in [0.15, 0.2) is 0 Å². The van der Waals surface area contributed by atoms with E-state index in [0.29, 0.717) is 12.2 Å². The molecule has 0 spiro atoms. The van der Waals surface area contributed by atoms with Crippen molar-refractivity contribution in [2.24, 2.45) is 7.05 Å². The molecule has 1 aromatic carbocycles. The maximum atomic E-state index is 12.4. The lowest BCUT2D eigenvalue weighted by Crippen LogP contribution is -2.31. The summed E-state index contributed by atoms with van der Waals surface area (Å²) in [4.78, 5) is 12.4. The molecule has 0 amide bonds. The summed E-state index contributed by atoms with van der Waals surface area (Å²) in [6.07, 6.45) is 0.947. The van der Waals surface area contributed by atoms with E-state index >= 15 is 0 Å². The largest absolute Gasteiger partial charge is 0.494 e. The van der Waals surface area contributed by atoms with Crippen LogP contribution < -0.4 is 10.3 Å². The highest BCUT2D eigenvalue weighted by molar-refractivity contribution is 5.62. The highest BCUT2D eigenvalue weighted by Crippen LogP contribution is 2.24. The molecular formula is C18H23NO3. The minimum absolute atomic E-state index is 0.190. The molecule has 1 heterocycles. The smallest absolute Gasteiger partial charge is 0.256 e. The Bertz CT molecular complexity index is 711. The van der Waals surface area contributed by atoms with Crippen LogP contribution in [0.5, 0.6) is 5.75 Å². The third kappa shape index (κ3) is 3.39. The summed E-state index contributed by atoms with van der Waals surface area (Å²) in [6.45, 7) is 5.95. The average molecular weight is 301 g/mol. The van der Waals surface area contributed by atoms with E-state index in [2.05, 4.69) is 6.92 Å². The van der Waals surface area contributed by atoms with Gasteiger partial charge in [0.1, 0.15) is 5.75 Å². The van der Waals surface area contributed by atoms with Crippen LogP contribution >= 0.6 is 0 Å². The van der Waals surface area contributed by atoms with E-state index in [-0.39, 0.29) is 5.56 Å². The average Bonchev–Trinajstić information content (AvgIpc) is 2.47. The molecule has 118 valence electrons. The van der Waals surface area contributed by atoms with Crippen LogP contribution in [0, 0.1) is 0 Å². The number of aromatic nitrogens is 1. The summed E-state index contributed by atoms with van der Waals surface area (Å²) in [5, 5.41) is 10.1. The molecule has 0 bridgehead atoms. The van der Waals surface area contributed by atoms with E-state index in [4.69, 9.17) is 4.74 Å². The van der Waals surface area contributed by atoms with Crippen LogP contribution in [0.3, 0.4) is 0 Å². The highest BCUT2D eigenvalue weighted by Gasteiger charge is 2.21. The Morgan fingerprint density at radius 2 is 1.95 bits per heavy atom. The molecular weight excluding hydrogens is 278 g/mol. The fourth-order valence-corrected chi connectivity index (χ4v) is 2.36. The zero-order chi connectivity index (χ0) is 16.3. The van der Waals surface area contributed by atoms with E-state index in [1.807, 2.05) is 30.3 Å². The Kier molecular flexibility index (Phi) is 4.71. The highest BCUT2D eigenvalue weighted by atomic mass is 16.5. The molecule has 2 aromatic rings. The van der Waals surface area contributed by atoms with Gasteiger partial charge in [-0.05, 0) is 44.5 Å². The van der Waals surface area contributed by atoms with Crippen LogP contribution in [0.2, 0.25) is 0 Å². The van der Waals surface area contributed by atoms with Gasteiger partial charge in [-0.3, -0.25) is 4.79 Å². The Morgan fingerprint density at radius 1 is 1.23 bits per heavy atom. The second kappa shape index (κ2) is 6.36. The van der Waals surface area contributed by atoms with Gasteiger partial charge in [0.2, 0.25) is 0 Å². The number of rotatable bonds is 5. The predicted molar refractivity (Wildman–Crippen MR) is 88.1 cm³/mol. The molecule has 4 nitrogen and oxygen atoms in total. The molecule has 0 saturated heterocycles. The molecule has 0 aliphatic rings. The lowest BCUT2D eigenvalue weighted by Gasteiger charge is -2.19. The SMILES string of the molecule is CCCOc1cccc(-c2ccc(C(C)(C)O)c(=O)n2C)c1. The summed E-state index contributed by atoms with van der Waals surface area (Å²) >= 11 is 0.